The van der Waals surface area contributed by atoms with E-state index in [2.05, 4.69) is 5.32 Å². The number of benzene rings is 2. The van der Waals surface area contributed by atoms with E-state index in [4.69, 9.17) is 9.47 Å². The Bertz CT molecular complexity index is 901. The molecule has 2 aliphatic rings. The van der Waals surface area contributed by atoms with Gasteiger partial charge in [-0.15, -0.1) is 0 Å². The van der Waals surface area contributed by atoms with Gasteiger partial charge in [0.1, 0.15) is 0 Å². The quantitative estimate of drug-likeness (QED) is 0.846. The molecule has 0 bridgehead atoms. The van der Waals surface area contributed by atoms with E-state index in [1.54, 1.807) is 30.3 Å². The van der Waals surface area contributed by atoms with Crippen molar-refractivity contribution in [1.29, 1.82) is 0 Å². The van der Waals surface area contributed by atoms with Crippen LogP contribution in [0.25, 0.3) is 6.08 Å². The maximum atomic E-state index is 12.5. The number of fused-ring (bicyclic) bond motifs is 1. The first-order chi connectivity index (χ1) is 13.2. The molecule has 2 heterocycles. The van der Waals surface area contributed by atoms with Crippen LogP contribution in [-0.2, 0) is 4.79 Å². The number of nitrogens with zero attached hydrogens (tertiary/aromatic N) is 1. The van der Waals surface area contributed by atoms with Crippen molar-refractivity contribution in [2.75, 3.05) is 25.2 Å². The molecule has 2 aliphatic heterocycles. The smallest absolute Gasteiger partial charge is 0.253 e. The summed E-state index contributed by atoms with van der Waals surface area (Å²) in [7, 11) is 0. The monoisotopic (exact) mass is 364 g/mol. The molecule has 4 rings (SSSR count). The summed E-state index contributed by atoms with van der Waals surface area (Å²) in [6.45, 7) is 1.82. The minimum absolute atomic E-state index is 0.0134. The molecule has 2 aromatic rings. The second kappa shape index (κ2) is 7.53. The summed E-state index contributed by atoms with van der Waals surface area (Å²) in [5.74, 6) is 1.12. The predicted octanol–water partition coefficient (Wildman–Crippen LogP) is 3.30. The summed E-state index contributed by atoms with van der Waals surface area (Å²) in [6.07, 6.45) is 5.25. The highest BCUT2D eigenvalue weighted by Gasteiger charge is 2.19. The van der Waals surface area contributed by atoms with E-state index in [1.807, 2.05) is 23.1 Å². The zero-order chi connectivity index (χ0) is 18.6. The first-order valence-electron chi connectivity index (χ1n) is 8.97. The highest BCUT2D eigenvalue weighted by molar-refractivity contribution is 6.03. The number of likely N-dealkylation sites (tertiary alicyclic amines) is 1. The van der Waals surface area contributed by atoms with Crippen molar-refractivity contribution in [3.8, 4) is 11.5 Å². The number of nitrogens with one attached hydrogen (secondary N) is 1. The minimum Gasteiger partial charge on any atom is -0.454 e. The van der Waals surface area contributed by atoms with Crippen LogP contribution in [0, 0.1) is 0 Å². The molecule has 1 saturated heterocycles. The lowest BCUT2D eigenvalue weighted by molar-refractivity contribution is -0.111. The Hall–Kier alpha value is -3.28. The Morgan fingerprint density at radius 1 is 1.00 bits per heavy atom. The van der Waals surface area contributed by atoms with Crippen molar-refractivity contribution in [1.82, 2.24) is 4.90 Å². The van der Waals surface area contributed by atoms with Crippen molar-refractivity contribution in [2.24, 2.45) is 0 Å². The van der Waals surface area contributed by atoms with Gasteiger partial charge >= 0.3 is 0 Å². The normalized spacial score (nSPS) is 15.3. The topological polar surface area (TPSA) is 67.9 Å². The molecule has 27 heavy (non-hydrogen) atoms. The average Bonchev–Trinajstić information content (AvgIpc) is 3.37. The summed E-state index contributed by atoms with van der Waals surface area (Å²) in [4.78, 5) is 26.5. The summed E-state index contributed by atoms with van der Waals surface area (Å²) < 4.78 is 10.6. The highest BCUT2D eigenvalue weighted by Crippen LogP contribution is 2.32. The lowest BCUT2D eigenvalue weighted by atomic mass is 10.1. The van der Waals surface area contributed by atoms with Crippen LogP contribution in [0.2, 0.25) is 0 Å². The molecule has 6 nitrogen and oxygen atoms in total. The minimum atomic E-state index is -0.265. The fourth-order valence-corrected chi connectivity index (χ4v) is 3.21. The Morgan fingerprint density at radius 3 is 2.67 bits per heavy atom. The second-order valence-electron chi connectivity index (χ2n) is 6.52. The van der Waals surface area contributed by atoms with Crippen molar-refractivity contribution in [3.63, 3.8) is 0 Å². The van der Waals surface area contributed by atoms with Gasteiger partial charge in [-0.3, -0.25) is 9.59 Å². The van der Waals surface area contributed by atoms with Crippen molar-refractivity contribution >= 4 is 23.6 Å². The average molecular weight is 364 g/mol. The van der Waals surface area contributed by atoms with Gasteiger partial charge in [-0.05, 0) is 54.8 Å². The van der Waals surface area contributed by atoms with Gasteiger partial charge < -0.3 is 19.7 Å². The Balaban J connectivity index is 1.40. The van der Waals surface area contributed by atoms with E-state index in [0.29, 0.717) is 22.7 Å². The van der Waals surface area contributed by atoms with Crippen LogP contribution in [0.3, 0.4) is 0 Å². The first-order valence-corrected chi connectivity index (χ1v) is 8.97. The molecule has 0 unspecified atom stereocenters. The van der Waals surface area contributed by atoms with Crippen LogP contribution in [0.5, 0.6) is 11.5 Å². The zero-order valence-corrected chi connectivity index (χ0v) is 14.8. The fourth-order valence-electron chi connectivity index (χ4n) is 3.21. The molecule has 138 valence electrons. The molecule has 0 radical (unpaired) electrons. The maximum Gasteiger partial charge on any atom is 0.253 e. The number of carbonyl (C=O) groups excluding carboxylic acids is 2. The van der Waals surface area contributed by atoms with Gasteiger partial charge in [0.15, 0.2) is 11.5 Å². The molecule has 0 saturated carbocycles. The predicted molar refractivity (Wildman–Crippen MR) is 102 cm³/mol. The summed E-state index contributed by atoms with van der Waals surface area (Å²) in [6, 6.07) is 12.5. The van der Waals surface area contributed by atoms with Gasteiger partial charge in [-0.2, -0.15) is 0 Å². The Labute approximate surface area is 157 Å². The highest BCUT2D eigenvalue weighted by atomic mass is 16.7. The standard InChI is InChI=1S/C21H20N2O4/c24-20(9-7-15-6-8-18-19(12-15)27-14-26-18)22-17-5-3-4-16(13-17)21(25)23-10-1-2-11-23/h3-9,12-13H,1-2,10-11,14H2,(H,22,24)/b9-7+. The molecule has 0 aliphatic carbocycles. The number of anilines is 1. The van der Waals surface area contributed by atoms with E-state index in [-0.39, 0.29) is 18.6 Å². The molecule has 0 spiro atoms. The third-order valence-corrected chi connectivity index (χ3v) is 4.59. The SMILES string of the molecule is O=C(/C=C/c1ccc2c(c1)OCO2)Nc1cccc(C(=O)N2CCCC2)c1. The first kappa shape index (κ1) is 17.1. The van der Waals surface area contributed by atoms with E-state index in [1.165, 1.54) is 6.08 Å². The molecular weight excluding hydrogens is 344 g/mol. The van der Waals surface area contributed by atoms with Crippen LogP contribution in [-0.4, -0.2) is 36.6 Å². The Morgan fingerprint density at radius 2 is 1.81 bits per heavy atom. The van der Waals surface area contributed by atoms with Crippen LogP contribution >= 0.6 is 0 Å². The van der Waals surface area contributed by atoms with E-state index in [9.17, 15) is 9.59 Å². The number of amides is 2. The van der Waals surface area contributed by atoms with Crippen LogP contribution in [0.4, 0.5) is 5.69 Å². The third-order valence-electron chi connectivity index (χ3n) is 4.59. The third kappa shape index (κ3) is 3.95. The lowest BCUT2D eigenvalue weighted by Crippen LogP contribution is -2.27. The van der Waals surface area contributed by atoms with Gasteiger partial charge in [-0.1, -0.05) is 12.1 Å². The van der Waals surface area contributed by atoms with Crippen molar-refractivity contribution in [2.45, 2.75) is 12.8 Å². The van der Waals surface area contributed by atoms with Crippen molar-refractivity contribution in [3.05, 3.63) is 59.7 Å². The van der Waals surface area contributed by atoms with Gasteiger partial charge in [0.25, 0.3) is 5.91 Å². The fraction of sp³-hybridized carbons (Fsp3) is 0.238. The van der Waals surface area contributed by atoms with Gasteiger partial charge in [0.2, 0.25) is 12.7 Å². The Kier molecular flexibility index (Phi) is 4.78. The number of ether oxygens (including phenoxy) is 2. The van der Waals surface area contributed by atoms with Crippen LogP contribution in [0.1, 0.15) is 28.8 Å². The molecule has 0 aromatic heterocycles. The molecule has 0 atom stereocenters. The van der Waals surface area contributed by atoms with Gasteiger partial charge in [0, 0.05) is 30.4 Å². The largest absolute Gasteiger partial charge is 0.454 e. The number of hydrogen-bond acceptors (Lipinski definition) is 4. The molecule has 2 amide bonds. The summed E-state index contributed by atoms with van der Waals surface area (Å²) in [5.41, 5.74) is 2.03. The molecule has 1 N–H and O–H groups in total. The second-order valence-corrected chi connectivity index (χ2v) is 6.52. The van der Waals surface area contributed by atoms with Crippen LogP contribution < -0.4 is 14.8 Å². The number of hydrogen-bond donors (Lipinski definition) is 1. The zero-order valence-electron chi connectivity index (χ0n) is 14.8. The van der Waals surface area contributed by atoms with Gasteiger partial charge in [0.05, 0.1) is 0 Å². The van der Waals surface area contributed by atoms with E-state index < -0.39 is 0 Å². The summed E-state index contributed by atoms with van der Waals surface area (Å²) in [5, 5.41) is 2.80. The molecule has 2 aromatic carbocycles. The number of carbonyl (C=O) groups is 2. The van der Waals surface area contributed by atoms with E-state index in [0.717, 1.165) is 31.5 Å². The van der Waals surface area contributed by atoms with Crippen molar-refractivity contribution < 1.29 is 19.1 Å². The lowest BCUT2D eigenvalue weighted by Gasteiger charge is -2.15. The summed E-state index contributed by atoms with van der Waals surface area (Å²) >= 11 is 0. The number of rotatable bonds is 4. The van der Waals surface area contributed by atoms with Crippen LogP contribution in [0.15, 0.2) is 48.5 Å². The maximum absolute atomic E-state index is 12.5. The van der Waals surface area contributed by atoms with E-state index >= 15 is 0 Å². The molecule has 6 heteroatoms. The van der Waals surface area contributed by atoms with Gasteiger partial charge in [-0.25, -0.2) is 0 Å². The molecule has 1 fully saturated rings. The molecular formula is C21H20N2O4.